The van der Waals surface area contributed by atoms with E-state index in [1.807, 2.05) is 0 Å². The van der Waals surface area contributed by atoms with Crippen molar-refractivity contribution in [2.45, 2.75) is 34.9 Å². The van der Waals surface area contributed by atoms with Gasteiger partial charge in [0.05, 0.1) is 10.6 Å². The van der Waals surface area contributed by atoms with Crippen molar-refractivity contribution >= 4 is 55.7 Å². The fraction of sp³-hybridized carbons (Fsp3) is 0.375. The lowest BCUT2D eigenvalue weighted by Gasteiger charge is -2.11. The monoisotopic (exact) mass is 440 g/mol. The van der Waals surface area contributed by atoms with Crippen molar-refractivity contribution in [1.82, 2.24) is 14.9 Å². The number of aliphatic imine (C=N–C) groups is 1. The molecule has 0 fully saturated rings. The largest absolute Gasteiger partial charge is 0.374 e. The summed E-state index contributed by atoms with van der Waals surface area (Å²) in [5, 5.41) is 10.5. The molecule has 28 heavy (non-hydrogen) atoms. The summed E-state index contributed by atoms with van der Waals surface area (Å²) >= 11 is 2.41. The molecular formula is C16H20N6O3S3. The normalized spacial score (nSPS) is 14.8. The van der Waals surface area contributed by atoms with Crippen molar-refractivity contribution in [2.24, 2.45) is 4.99 Å². The van der Waals surface area contributed by atoms with Crippen LogP contribution in [0.25, 0.3) is 0 Å². The quantitative estimate of drug-likeness (QED) is 0.584. The minimum atomic E-state index is -3.75. The van der Waals surface area contributed by atoms with Crippen LogP contribution in [0.15, 0.2) is 38.5 Å². The molecule has 1 aliphatic heterocycles. The van der Waals surface area contributed by atoms with Crippen LogP contribution in [-0.4, -0.2) is 42.7 Å². The third-order valence-electron chi connectivity index (χ3n) is 3.80. The SMILES string of the molecule is Nc1nnc(SCC(=O)Nc2cccc(S(=O)(=O)NC3=NCCCCC3)c2)s1. The number of carbonyl (C=O) groups is 1. The molecule has 4 N–H and O–H groups in total. The second-order valence-electron chi connectivity index (χ2n) is 6.02. The lowest BCUT2D eigenvalue weighted by Crippen LogP contribution is -2.30. The molecule has 0 atom stereocenters. The third kappa shape index (κ3) is 5.91. The molecule has 3 rings (SSSR count). The van der Waals surface area contributed by atoms with Crippen LogP contribution in [0.5, 0.6) is 0 Å². The Morgan fingerprint density at radius 2 is 2.11 bits per heavy atom. The minimum Gasteiger partial charge on any atom is -0.374 e. The number of thioether (sulfide) groups is 1. The summed E-state index contributed by atoms with van der Waals surface area (Å²) in [6.45, 7) is 0.631. The van der Waals surface area contributed by atoms with Crippen LogP contribution in [0, 0.1) is 0 Å². The Morgan fingerprint density at radius 3 is 2.89 bits per heavy atom. The molecule has 0 unspecified atom stereocenters. The molecule has 0 radical (unpaired) electrons. The van der Waals surface area contributed by atoms with E-state index in [9.17, 15) is 13.2 Å². The molecule has 0 bridgehead atoms. The zero-order chi connectivity index (χ0) is 20.0. The van der Waals surface area contributed by atoms with E-state index in [1.165, 1.54) is 35.2 Å². The Balaban J connectivity index is 1.62. The number of nitrogens with two attached hydrogens (primary N) is 1. The van der Waals surface area contributed by atoms with E-state index in [0.717, 1.165) is 19.3 Å². The highest BCUT2D eigenvalue weighted by Gasteiger charge is 2.18. The first-order valence-corrected chi connectivity index (χ1v) is 11.9. The van der Waals surface area contributed by atoms with Gasteiger partial charge in [0, 0.05) is 18.7 Å². The van der Waals surface area contributed by atoms with Crippen molar-refractivity contribution in [3.63, 3.8) is 0 Å². The van der Waals surface area contributed by atoms with Gasteiger partial charge < -0.3 is 11.1 Å². The number of sulfonamides is 1. The Kier molecular flexibility index (Phi) is 6.86. The summed E-state index contributed by atoms with van der Waals surface area (Å²) < 4.78 is 28.4. The van der Waals surface area contributed by atoms with Gasteiger partial charge in [-0.1, -0.05) is 35.6 Å². The van der Waals surface area contributed by atoms with E-state index in [1.54, 1.807) is 12.1 Å². The molecule has 1 aliphatic rings. The van der Waals surface area contributed by atoms with Crippen molar-refractivity contribution in [3.05, 3.63) is 24.3 Å². The van der Waals surface area contributed by atoms with E-state index in [0.29, 0.717) is 34.0 Å². The molecule has 0 saturated heterocycles. The molecule has 0 spiro atoms. The predicted molar refractivity (Wildman–Crippen MR) is 111 cm³/mol. The Bertz CT molecular complexity index is 974. The molecule has 150 valence electrons. The van der Waals surface area contributed by atoms with Gasteiger partial charge in [0.25, 0.3) is 10.0 Å². The van der Waals surface area contributed by atoms with E-state index < -0.39 is 10.0 Å². The molecule has 1 amide bonds. The average Bonchev–Trinajstić information content (AvgIpc) is 2.91. The van der Waals surface area contributed by atoms with E-state index >= 15 is 0 Å². The summed E-state index contributed by atoms with van der Waals surface area (Å²) in [6, 6.07) is 6.12. The fourth-order valence-corrected chi connectivity index (χ4v) is 5.09. The van der Waals surface area contributed by atoms with Crippen molar-refractivity contribution in [1.29, 1.82) is 0 Å². The number of hydrogen-bond donors (Lipinski definition) is 3. The van der Waals surface area contributed by atoms with Crippen LogP contribution in [0.1, 0.15) is 25.7 Å². The highest BCUT2D eigenvalue weighted by molar-refractivity contribution is 8.01. The number of anilines is 2. The van der Waals surface area contributed by atoms with Gasteiger partial charge in [0.15, 0.2) is 4.34 Å². The van der Waals surface area contributed by atoms with Crippen molar-refractivity contribution in [2.75, 3.05) is 23.3 Å². The predicted octanol–water partition coefficient (Wildman–Crippen LogP) is 2.10. The number of nitrogens with zero attached hydrogens (tertiary/aromatic N) is 3. The molecule has 2 heterocycles. The number of benzene rings is 1. The summed E-state index contributed by atoms with van der Waals surface area (Å²) in [5.41, 5.74) is 5.90. The number of nitrogens with one attached hydrogen (secondary N) is 2. The second kappa shape index (κ2) is 9.34. The van der Waals surface area contributed by atoms with Gasteiger partial charge in [0.1, 0.15) is 5.84 Å². The van der Waals surface area contributed by atoms with E-state index in [-0.39, 0.29) is 16.6 Å². The average molecular weight is 441 g/mol. The maximum atomic E-state index is 12.6. The van der Waals surface area contributed by atoms with Gasteiger partial charge in [-0.2, -0.15) is 0 Å². The zero-order valence-corrected chi connectivity index (χ0v) is 17.4. The standard InChI is InChI=1S/C16H20N6O3S3/c17-15-20-21-16(27-15)26-10-14(23)19-11-5-4-6-12(9-11)28(24,25)22-13-7-2-1-3-8-18-13/h4-6,9H,1-3,7-8,10H2,(H2,17,20)(H,18,22)(H,19,23). The number of amidine groups is 1. The van der Waals surface area contributed by atoms with Gasteiger partial charge in [-0.05, 0) is 31.0 Å². The number of carbonyl (C=O) groups excluding carboxylic acids is 1. The topological polar surface area (TPSA) is 139 Å². The van der Waals surface area contributed by atoms with Crippen molar-refractivity contribution in [3.8, 4) is 0 Å². The van der Waals surface area contributed by atoms with Crippen LogP contribution in [0.2, 0.25) is 0 Å². The van der Waals surface area contributed by atoms with Crippen LogP contribution in [0.4, 0.5) is 10.8 Å². The Hall–Kier alpha value is -2.18. The van der Waals surface area contributed by atoms with Gasteiger partial charge in [-0.15, -0.1) is 10.2 Å². The van der Waals surface area contributed by atoms with Gasteiger partial charge in [-0.25, -0.2) is 8.42 Å². The minimum absolute atomic E-state index is 0.0711. The highest BCUT2D eigenvalue weighted by Crippen LogP contribution is 2.24. The number of rotatable bonds is 6. The van der Waals surface area contributed by atoms with Gasteiger partial charge in [-0.3, -0.25) is 14.5 Å². The number of aromatic nitrogens is 2. The van der Waals surface area contributed by atoms with Crippen LogP contribution >= 0.6 is 23.1 Å². The molecular weight excluding hydrogens is 420 g/mol. The zero-order valence-electron chi connectivity index (χ0n) is 14.9. The third-order valence-corrected chi connectivity index (χ3v) is 7.07. The van der Waals surface area contributed by atoms with Crippen LogP contribution in [0.3, 0.4) is 0 Å². The highest BCUT2D eigenvalue weighted by atomic mass is 32.2. The van der Waals surface area contributed by atoms with Gasteiger partial charge >= 0.3 is 0 Å². The molecule has 0 saturated carbocycles. The lowest BCUT2D eigenvalue weighted by molar-refractivity contribution is -0.113. The molecule has 12 heteroatoms. The molecule has 1 aromatic heterocycles. The first-order valence-electron chi connectivity index (χ1n) is 8.60. The number of nitrogen functional groups attached to an aromatic ring is 1. The molecule has 1 aromatic carbocycles. The van der Waals surface area contributed by atoms with Crippen molar-refractivity contribution < 1.29 is 13.2 Å². The summed E-state index contributed by atoms with van der Waals surface area (Å²) in [4.78, 5) is 16.5. The molecule has 9 nitrogen and oxygen atoms in total. The smallest absolute Gasteiger partial charge is 0.262 e. The summed E-state index contributed by atoms with van der Waals surface area (Å²) in [7, 11) is -3.75. The molecule has 0 aliphatic carbocycles. The maximum absolute atomic E-state index is 12.6. The van der Waals surface area contributed by atoms with E-state index in [4.69, 9.17) is 5.73 Å². The van der Waals surface area contributed by atoms with Crippen LogP contribution in [-0.2, 0) is 14.8 Å². The van der Waals surface area contributed by atoms with Gasteiger partial charge in [0.2, 0.25) is 11.0 Å². The fourth-order valence-electron chi connectivity index (χ4n) is 2.52. The second-order valence-corrected chi connectivity index (χ2v) is 9.93. The Morgan fingerprint density at radius 1 is 1.25 bits per heavy atom. The Labute approximate surface area is 171 Å². The maximum Gasteiger partial charge on any atom is 0.262 e. The van der Waals surface area contributed by atoms with E-state index in [2.05, 4.69) is 25.2 Å². The molecule has 2 aromatic rings. The number of amides is 1. The number of hydrogen-bond acceptors (Lipinski definition) is 9. The summed E-state index contributed by atoms with van der Waals surface area (Å²) in [6.07, 6.45) is 3.53. The first kappa shape index (κ1) is 20.6. The summed E-state index contributed by atoms with van der Waals surface area (Å²) in [5.74, 6) is 0.315. The first-order chi connectivity index (χ1) is 13.4. The van der Waals surface area contributed by atoms with Crippen LogP contribution < -0.4 is 15.8 Å². The lowest BCUT2D eigenvalue weighted by atomic mass is 10.2.